The molecule has 6 nitrogen and oxygen atoms in total. The average Bonchev–Trinajstić information content (AvgIpc) is 2.78. The maximum atomic E-state index is 11.7. The zero-order valence-corrected chi connectivity index (χ0v) is 13.8. The molecule has 0 unspecified atom stereocenters. The number of rotatable bonds is 7. The fourth-order valence-electron chi connectivity index (χ4n) is 1.59. The Bertz CT molecular complexity index is 548. The second-order valence-corrected chi connectivity index (χ2v) is 8.43. The van der Waals surface area contributed by atoms with Crippen molar-refractivity contribution >= 4 is 32.2 Å². The highest BCUT2D eigenvalue weighted by molar-refractivity contribution is 7.92. The van der Waals surface area contributed by atoms with Crippen LogP contribution in [0, 0.1) is 0 Å². The van der Waals surface area contributed by atoms with Gasteiger partial charge in [0.1, 0.15) is 10.8 Å². The number of carbonyl (C=O) groups excluding carboxylic acids is 1. The zero-order chi connectivity index (χ0) is 15.3. The van der Waals surface area contributed by atoms with E-state index in [1.807, 2.05) is 0 Å². The number of aromatic nitrogens is 2. The molecule has 0 atom stereocenters. The Morgan fingerprint density at radius 2 is 1.85 bits per heavy atom. The molecule has 8 heteroatoms. The monoisotopic (exact) mass is 319 g/mol. The number of carbonyl (C=O) groups is 1. The predicted octanol–water partition coefficient (Wildman–Crippen LogP) is 2.20. The molecule has 1 amide bonds. The van der Waals surface area contributed by atoms with Gasteiger partial charge in [-0.25, -0.2) is 8.42 Å². The Morgan fingerprint density at radius 1 is 1.25 bits per heavy atom. The van der Waals surface area contributed by atoms with Crippen LogP contribution in [0.5, 0.6) is 0 Å². The molecule has 0 fully saturated rings. The first-order valence-corrected chi connectivity index (χ1v) is 9.18. The number of amides is 1. The van der Waals surface area contributed by atoms with E-state index in [-0.39, 0.29) is 0 Å². The lowest BCUT2D eigenvalue weighted by Crippen LogP contribution is -2.27. The maximum absolute atomic E-state index is 11.7. The highest BCUT2D eigenvalue weighted by atomic mass is 32.2. The summed E-state index contributed by atoms with van der Waals surface area (Å²) in [5, 5.41) is 11.1. The molecule has 20 heavy (non-hydrogen) atoms. The summed E-state index contributed by atoms with van der Waals surface area (Å²) in [6.07, 6.45) is 1.92. The number of nitrogens with one attached hydrogen (secondary N) is 1. The van der Waals surface area contributed by atoms with Crippen LogP contribution in [-0.2, 0) is 14.6 Å². The molecule has 0 bridgehead atoms. The normalized spacial score (nSPS) is 12.1. The number of hydrogen-bond donors (Lipinski definition) is 1. The summed E-state index contributed by atoms with van der Waals surface area (Å²) < 4.78 is 23.3. The van der Waals surface area contributed by atoms with Crippen LogP contribution in [0.2, 0.25) is 0 Å². The minimum atomic E-state index is -3.39. The second kappa shape index (κ2) is 7.12. The summed E-state index contributed by atoms with van der Waals surface area (Å²) in [6.45, 7) is 7.25. The number of hydrogen-bond acceptors (Lipinski definition) is 6. The topological polar surface area (TPSA) is 89.0 Å². The van der Waals surface area contributed by atoms with Gasteiger partial charge in [-0.15, -0.1) is 10.2 Å². The highest BCUT2D eigenvalue weighted by Crippen LogP contribution is 2.27. The van der Waals surface area contributed by atoms with Crippen LogP contribution >= 0.6 is 11.3 Å². The minimum absolute atomic E-state index is 0.331. The van der Waals surface area contributed by atoms with E-state index in [0.717, 1.165) is 17.8 Å². The van der Waals surface area contributed by atoms with Gasteiger partial charge in [-0.2, -0.15) is 0 Å². The molecule has 0 aliphatic rings. The number of sulfone groups is 1. The Morgan fingerprint density at radius 3 is 2.35 bits per heavy atom. The second-order valence-electron chi connectivity index (χ2n) is 4.86. The Balaban J connectivity index is 2.68. The third-order valence-electron chi connectivity index (χ3n) is 3.07. The van der Waals surface area contributed by atoms with Crippen LogP contribution < -0.4 is 5.32 Å². The van der Waals surface area contributed by atoms with E-state index in [2.05, 4.69) is 29.4 Å². The molecule has 0 aliphatic carbocycles. The largest absolute Gasteiger partial charge is 0.300 e. The summed E-state index contributed by atoms with van der Waals surface area (Å²) in [5.41, 5.74) is 0. The minimum Gasteiger partial charge on any atom is -0.300 e. The van der Waals surface area contributed by atoms with Gasteiger partial charge >= 0.3 is 0 Å². The van der Waals surface area contributed by atoms with Crippen molar-refractivity contribution in [3.8, 4) is 0 Å². The lowest BCUT2D eigenvalue weighted by Gasteiger charge is -2.07. The van der Waals surface area contributed by atoms with Crippen molar-refractivity contribution in [3.05, 3.63) is 5.01 Å². The summed E-state index contributed by atoms with van der Waals surface area (Å²) in [6, 6.07) is 0. The van der Waals surface area contributed by atoms with E-state index in [0.29, 0.717) is 11.0 Å². The fraction of sp³-hybridized carbons (Fsp3) is 0.750. The van der Waals surface area contributed by atoms with Crippen LogP contribution in [0.25, 0.3) is 0 Å². The van der Waals surface area contributed by atoms with Gasteiger partial charge in [-0.3, -0.25) is 10.1 Å². The van der Waals surface area contributed by atoms with E-state index < -0.39 is 26.7 Å². The molecule has 1 aromatic rings. The van der Waals surface area contributed by atoms with Crippen LogP contribution in [0.3, 0.4) is 0 Å². The Labute approximate surface area is 123 Å². The van der Waals surface area contributed by atoms with Crippen molar-refractivity contribution in [2.24, 2.45) is 0 Å². The molecule has 0 saturated carbocycles. The SMILES string of the molecule is CCC(CC)c1nnc(NC(=O)CS(=O)(=O)C(C)C)s1. The number of nitrogens with zero attached hydrogens (tertiary/aromatic N) is 2. The molecule has 0 aliphatic heterocycles. The summed E-state index contributed by atoms with van der Waals surface area (Å²) in [4.78, 5) is 11.7. The first-order valence-electron chi connectivity index (χ1n) is 6.64. The van der Waals surface area contributed by atoms with Gasteiger partial charge in [0.25, 0.3) is 0 Å². The highest BCUT2D eigenvalue weighted by Gasteiger charge is 2.22. The molecule has 1 N–H and O–H groups in total. The van der Waals surface area contributed by atoms with Crippen LogP contribution in [0.15, 0.2) is 0 Å². The van der Waals surface area contributed by atoms with Gasteiger partial charge in [0.05, 0.1) is 5.25 Å². The molecule has 1 heterocycles. The smallest absolute Gasteiger partial charge is 0.241 e. The number of anilines is 1. The Hall–Kier alpha value is -1.02. The first-order chi connectivity index (χ1) is 9.30. The fourth-order valence-corrected chi connectivity index (χ4v) is 3.39. The van der Waals surface area contributed by atoms with E-state index in [1.165, 1.54) is 11.3 Å². The van der Waals surface area contributed by atoms with Gasteiger partial charge in [0.2, 0.25) is 11.0 Å². The van der Waals surface area contributed by atoms with Gasteiger partial charge in [0, 0.05) is 5.92 Å². The van der Waals surface area contributed by atoms with E-state index in [4.69, 9.17) is 0 Å². The third-order valence-corrected chi connectivity index (χ3v) is 6.17. The third kappa shape index (κ3) is 4.52. The van der Waals surface area contributed by atoms with Gasteiger partial charge in [-0.05, 0) is 26.7 Å². The van der Waals surface area contributed by atoms with Crippen LogP contribution in [0.1, 0.15) is 51.5 Å². The van der Waals surface area contributed by atoms with Gasteiger partial charge in [-0.1, -0.05) is 25.2 Å². The molecule has 114 valence electrons. The molecular weight excluding hydrogens is 298 g/mol. The van der Waals surface area contributed by atoms with Crippen LogP contribution in [0.4, 0.5) is 5.13 Å². The van der Waals surface area contributed by atoms with Crippen molar-refractivity contribution < 1.29 is 13.2 Å². The predicted molar refractivity (Wildman–Crippen MR) is 80.8 cm³/mol. The van der Waals surface area contributed by atoms with Crippen molar-refractivity contribution in [1.29, 1.82) is 0 Å². The molecule has 1 aromatic heterocycles. The van der Waals surface area contributed by atoms with Crippen molar-refractivity contribution in [3.63, 3.8) is 0 Å². The van der Waals surface area contributed by atoms with E-state index in [9.17, 15) is 13.2 Å². The Kier molecular flexibility index (Phi) is 6.07. The molecule has 1 rings (SSSR count). The van der Waals surface area contributed by atoms with Gasteiger partial charge < -0.3 is 0 Å². The van der Waals surface area contributed by atoms with Crippen molar-refractivity contribution in [1.82, 2.24) is 10.2 Å². The molecular formula is C12H21N3O3S2. The molecule has 0 saturated heterocycles. The van der Waals surface area contributed by atoms with Crippen LogP contribution in [-0.4, -0.2) is 35.5 Å². The molecule has 0 aromatic carbocycles. The van der Waals surface area contributed by atoms with E-state index >= 15 is 0 Å². The summed E-state index contributed by atoms with van der Waals surface area (Å²) >= 11 is 1.30. The molecule has 0 radical (unpaired) electrons. The average molecular weight is 319 g/mol. The van der Waals surface area contributed by atoms with Crippen molar-refractivity contribution in [2.45, 2.75) is 51.7 Å². The summed E-state index contributed by atoms with van der Waals surface area (Å²) in [7, 11) is -3.39. The molecule has 0 spiro atoms. The first kappa shape index (κ1) is 17.0. The lowest BCUT2D eigenvalue weighted by molar-refractivity contribution is -0.113. The van der Waals surface area contributed by atoms with Gasteiger partial charge in [0.15, 0.2) is 9.84 Å². The standard InChI is InChI=1S/C12H21N3O3S2/c1-5-9(6-2)11-14-15-12(19-11)13-10(16)7-20(17,18)8(3)4/h8-9H,5-7H2,1-4H3,(H,13,15,16). The van der Waals surface area contributed by atoms with Crippen molar-refractivity contribution in [2.75, 3.05) is 11.1 Å². The quantitative estimate of drug-likeness (QED) is 0.832. The zero-order valence-electron chi connectivity index (χ0n) is 12.2. The summed E-state index contributed by atoms with van der Waals surface area (Å²) in [5.74, 6) is -0.756. The maximum Gasteiger partial charge on any atom is 0.241 e. The lowest BCUT2D eigenvalue weighted by atomic mass is 10.1. The van der Waals surface area contributed by atoms with E-state index in [1.54, 1.807) is 13.8 Å².